The molecule has 1 aliphatic rings. The third kappa shape index (κ3) is 3.96. The highest BCUT2D eigenvalue weighted by atomic mass is 32.2. The van der Waals surface area contributed by atoms with Crippen molar-refractivity contribution in [3.05, 3.63) is 12.1 Å². The van der Waals surface area contributed by atoms with Gasteiger partial charge in [0.15, 0.2) is 0 Å². The van der Waals surface area contributed by atoms with Gasteiger partial charge in [0.2, 0.25) is 0 Å². The van der Waals surface area contributed by atoms with E-state index in [1.165, 1.54) is 0 Å². The first kappa shape index (κ1) is 12.0. The van der Waals surface area contributed by atoms with Crippen molar-refractivity contribution in [3.8, 4) is 0 Å². The molecule has 1 saturated heterocycles. The molecule has 0 spiro atoms. The smallest absolute Gasteiger partial charge is 0.445 e. The first-order valence-electron chi connectivity index (χ1n) is 4.68. The summed E-state index contributed by atoms with van der Waals surface area (Å²) in [6.07, 6.45) is 0.975. The summed E-state index contributed by atoms with van der Waals surface area (Å²) in [4.78, 5) is 1.84. The van der Waals surface area contributed by atoms with Gasteiger partial charge in [-0.2, -0.15) is 11.8 Å². The van der Waals surface area contributed by atoms with Crippen LogP contribution in [0.3, 0.4) is 0 Å². The summed E-state index contributed by atoms with van der Waals surface area (Å²) >= 11 is 1.81. The summed E-state index contributed by atoms with van der Waals surface area (Å²) in [5.74, 6) is 1.98. The molecular formula is C8H14BF3NS-. The molecule has 0 unspecified atom stereocenters. The van der Waals surface area contributed by atoms with E-state index >= 15 is 0 Å². The van der Waals surface area contributed by atoms with Crippen LogP contribution in [0, 0.1) is 0 Å². The van der Waals surface area contributed by atoms with E-state index in [1.807, 2.05) is 4.90 Å². The number of rotatable bonds is 3. The molecule has 82 valence electrons. The molecule has 0 aromatic heterocycles. The number of halogens is 3. The molecule has 1 nitrogen and oxygen atoms in total. The quantitative estimate of drug-likeness (QED) is 0.677. The Morgan fingerprint density at radius 1 is 1.29 bits per heavy atom. The van der Waals surface area contributed by atoms with Crippen LogP contribution in [-0.2, 0) is 0 Å². The van der Waals surface area contributed by atoms with Crippen molar-refractivity contribution in [2.45, 2.75) is 6.42 Å². The molecule has 0 bridgehead atoms. The summed E-state index contributed by atoms with van der Waals surface area (Å²) in [6.45, 7) is -0.249. The van der Waals surface area contributed by atoms with Gasteiger partial charge in [0.25, 0.3) is 0 Å². The molecular weight excluding hydrogens is 210 g/mol. The van der Waals surface area contributed by atoms with Crippen LogP contribution in [0.2, 0.25) is 0 Å². The van der Waals surface area contributed by atoms with Gasteiger partial charge in [-0.3, -0.25) is 0 Å². The predicted octanol–water partition coefficient (Wildman–Crippen LogP) is 2.37. The monoisotopic (exact) mass is 224 g/mol. The largest absolute Gasteiger partial charge is 0.506 e. The van der Waals surface area contributed by atoms with Crippen molar-refractivity contribution in [2.75, 3.05) is 31.1 Å². The zero-order valence-corrected chi connectivity index (χ0v) is 8.83. The average molecular weight is 224 g/mol. The van der Waals surface area contributed by atoms with E-state index in [4.69, 9.17) is 0 Å². The second kappa shape index (κ2) is 5.12. The van der Waals surface area contributed by atoms with Crippen LogP contribution in [0.1, 0.15) is 6.42 Å². The van der Waals surface area contributed by atoms with Crippen molar-refractivity contribution < 1.29 is 12.9 Å². The number of hydrogen-bond acceptors (Lipinski definition) is 2. The maximum absolute atomic E-state index is 12.2. The van der Waals surface area contributed by atoms with Gasteiger partial charge in [0.1, 0.15) is 0 Å². The summed E-state index contributed by atoms with van der Waals surface area (Å²) in [7, 11) is 0. The van der Waals surface area contributed by atoms with Crippen molar-refractivity contribution in [2.24, 2.45) is 0 Å². The number of hydrogen-bond donors (Lipinski definition) is 0. The summed E-state index contributed by atoms with van der Waals surface area (Å²) in [5.41, 5.74) is -0.572. The van der Waals surface area contributed by atoms with Crippen LogP contribution >= 0.6 is 11.8 Å². The fourth-order valence-electron chi connectivity index (χ4n) is 1.35. The van der Waals surface area contributed by atoms with Gasteiger partial charge in [-0.25, -0.2) is 0 Å². The van der Waals surface area contributed by atoms with Gasteiger partial charge >= 0.3 is 6.98 Å². The van der Waals surface area contributed by atoms with E-state index in [-0.39, 0.29) is 6.54 Å². The molecule has 0 amide bonds. The van der Waals surface area contributed by atoms with Crippen LogP contribution in [-0.4, -0.2) is 43.0 Å². The van der Waals surface area contributed by atoms with Crippen LogP contribution in [0.5, 0.6) is 0 Å². The van der Waals surface area contributed by atoms with Gasteiger partial charge in [0, 0.05) is 12.3 Å². The molecule has 0 atom stereocenters. The molecule has 6 heteroatoms. The first-order chi connectivity index (χ1) is 6.50. The van der Waals surface area contributed by atoms with E-state index in [0.717, 1.165) is 31.0 Å². The lowest BCUT2D eigenvalue weighted by molar-refractivity contribution is 0.318. The second-order valence-electron chi connectivity index (χ2n) is 3.48. The molecule has 1 rings (SSSR count). The Morgan fingerprint density at radius 3 is 2.64 bits per heavy atom. The molecule has 1 heterocycles. The molecule has 14 heavy (non-hydrogen) atoms. The van der Waals surface area contributed by atoms with Gasteiger partial charge in [-0.05, 0) is 25.3 Å². The minimum absolute atomic E-state index is 0.00986. The van der Waals surface area contributed by atoms with E-state index in [9.17, 15) is 12.9 Å². The number of thioether (sulfide) groups is 1. The molecule has 0 aliphatic carbocycles. The first-order valence-corrected chi connectivity index (χ1v) is 5.83. The van der Waals surface area contributed by atoms with Gasteiger partial charge in [-0.1, -0.05) is 0 Å². The van der Waals surface area contributed by atoms with E-state index in [0.29, 0.717) is 0 Å². The minimum atomic E-state index is -4.85. The highest BCUT2D eigenvalue weighted by Gasteiger charge is 2.27. The standard InChI is InChI=1S/C8H14BF3NS/c1-8(9(10,11)12)7-13-3-2-5-14-6-4-13/h1-7H2/q-1. The third-order valence-corrected chi connectivity index (χ3v) is 3.25. The van der Waals surface area contributed by atoms with Crippen LogP contribution in [0.15, 0.2) is 12.1 Å². The average Bonchev–Trinajstić information content (AvgIpc) is 2.31. The van der Waals surface area contributed by atoms with Crippen LogP contribution in [0.4, 0.5) is 12.9 Å². The highest BCUT2D eigenvalue weighted by molar-refractivity contribution is 7.99. The summed E-state index contributed by atoms with van der Waals surface area (Å²) in [5, 5.41) is 0. The fourth-order valence-corrected chi connectivity index (χ4v) is 2.27. The number of nitrogens with zero attached hydrogens (tertiary/aromatic N) is 1. The lowest BCUT2D eigenvalue weighted by atomic mass is 9.80. The Hall–Kier alpha value is -0.0951. The Balaban J connectivity index is 2.38. The Bertz CT molecular complexity index is 199. The van der Waals surface area contributed by atoms with Gasteiger partial charge in [-0.15, -0.1) is 12.1 Å². The highest BCUT2D eigenvalue weighted by Crippen LogP contribution is 2.20. The topological polar surface area (TPSA) is 3.24 Å². The van der Waals surface area contributed by atoms with Crippen molar-refractivity contribution in [3.63, 3.8) is 0 Å². The normalized spacial score (nSPS) is 20.5. The van der Waals surface area contributed by atoms with Gasteiger partial charge < -0.3 is 17.8 Å². The van der Waals surface area contributed by atoms with E-state index in [2.05, 4.69) is 6.58 Å². The molecule has 0 saturated carbocycles. The maximum atomic E-state index is 12.2. The summed E-state index contributed by atoms with van der Waals surface area (Å²) in [6, 6.07) is 0. The molecule has 1 aliphatic heterocycles. The van der Waals surface area contributed by atoms with E-state index < -0.39 is 12.4 Å². The van der Waals surface area contributed by atoms with Crippen LogP contribution in [0.25, 0.3) is 0 Å². The van der Waals surface area contributed by atoms with E-state index in [1.54, 1.807) is 11.8 Å². The van der Waals surface area contributed by atoms with Crippen molar-refractivity contribution in [1.82, 2.24) is 4.90 Å². The molecule has 0 aromatic carbocycles. The SMILES string of the molecule is C=C(CN1CCCSCC1)[B-](F)(F)F. The van der Waals surface area contributed by atoms with Gasteiger partial charge in [0.05, 0.1) is 0 Å². The summed E-state index contributed by atoms with van der Waals surface area (Å²) < 4.78 is 36.7. The van der Waals surface area contributed by atoms with Crippen molar-refractivity contribution in [1.29, 1.82) is 0 Å². The third-order valence-electron chi connectivity index (χ3n) is 2.20. The maximum Gasteiger partial charge on any atom is 0.506 e. The second-order valence-corrected chi connectivity index (χ2v) is 4.70. The van der Waals surface area contributed by atoms with Crippen LogP contribution < -0.4 is 0 Å². The molecule has 0 N–H and O–H groups in total. The molecule has 0 radical (unpaired) electrons. The molecule has 1 fully saturated rings. The minimum Gasteiger partial charge on any atom is -0.445 e. The van der Waals surface area contributed by atoms with Crippen molar-refractivity contribution >= 4 is 18.7 Å². The Kier molecular flexibility index (Phi) is 4.38. The fraction of sp³-hybridized carbons (Fsp3) is 0.750. The Labute approximate surface area is 86.8 Å². The zero-order valence-electron chi connectivity index (χ0n) is 8.02. The predicted molar refractivity (Wildman–Crippen MR) is 56.6 cm³/mol. The lowest BCUT2D eigenvalue weighted by Gasteiger charge is -2.26. The molecule has 0 aromatic rings. The Morgan fingerprint density at radius 2 is 2.00 bits per heavy atom. The lowest BCUT2D eigenvalue weighted by Crippen LogP contribution is -2.34. The zero-order chi connectivity index (χ0) is 10.6.